The summed E-state index contributed by atoms with van der Waals surface area (Å²) in [5.74, 6) is 0.550. The number of rotatable bonds is 3. The smallest absolute Gasteiger partial charge is 0.338 e. The molecule has 0 N–H and O–H groups in total. The van der Waals surface area contributed by atoms with Crippen molar-refractivity contribution in [3.63, 3.8) is 0 Å². The molecule has 9 heteroatoms. The highest BCUT2D eigenvalue weighted by atomic mass is 19.4. The maximum absolute atomic E-state index is 13.4. The van der Waals surface area contributed by atoms with E-state index in [-0.39, 0.29) is 29.1 Å². The summed E-state index contributed by atoms with van der Waals surface area (Å²) in [6, 6.07) is 4.31. The second kappa shape index (κ2) is 7.73. The predicted octanol–water partition coefficient (Wildman–Crippen LogP) is 2.51. The van der Waals surface area contributed by atoms with E-state index in [0.717, 1.165) is 38.3 Å². The number of piperazine rings is 1. The van der Waals surface area contributed by atoms with E-state index in [2.05, 4.69) is 14.7 Å². The molecule has 1 aromatic carbocycles. The Balaban J connectivity index is 1.32. The highest BCUT2D eigenvalue weighted by molar-refractivity contribution is 5.94. The lowest BCUT2D eigenvalue weighted by Crippen LogP contribution is -2.63. The fourth-order valence-electron chi connectivity index (χ4n) is 5.60. The Bertz CT molecular complexity index is 891. The number of hydrogen-bond donors (Lipinski definition) is 0. The molecule has 1 aliphatic carbocycles. The first-order chi connectivity index (χ1) is 15.2. The molecule has 0 unspecified atom stereocenters. The first-order valence-electron chi connectivity index (χ1n) is 11.4. The lowest BCUT2D eigenvalue weighted by atomic mass is 9.92. The zero-order chi connectivity index (χ0) is 22.7. The first kappa shape index (κ1) is 21.7. The van der Waals surface area contributed by atoms with Crippen LogP contribution in [-0.2, 0) is 11.0 Å². The van der Waals surface area contributed by atoms with E-state index in [0.29, 0.717) is 31.8 Å². The minimum Gasteiger partial charge on any atom is -0.338 e. The number of benzene rings is 1. The summed E-state index contributed by atoms with van der Waals surface area (Å²) in [5.41, 5.74) is -0.834. The molecule has 0 radical (unpaired) electrons. The van der Waals surface area contributed by atoms with Crippen LogP contribution >= 0.6 is 0 Å². The maximum atomic E-state index is 13.4. The monoisotopic (exact) mass is 450 g/mol. The molecule has 174 valence electrons. The highest BCUT2D eigenvalue weighted by Gasteiger charge is 2.59. The zero-order valence-electron chi connectivity index (χ0n) is 18.3. The van der Waals surface area contributed by atoms with E-state index in [1.165, 1.54) is 25.0 Å². The summed E-state index contributed by atoms with van der Waals surface area (Å²) >= 11 is 0. The number of fused-ring (bicyclic) bond motifs is 2. The molecule has 2 amide bonds. The van der Waals surface area contributed by atoms with Gasteiger partial charge < -0.3 is 14.7 Å². The maximum Gasteiger partial charge on any atom is 0.416 e. The molecule has 3 aliphatic heterocycles. The Morgan fingerprint density at radius 2 is 1.72 bits per heavy atom. The Morgan fingerprint density at radius 1 is 1.06 bits per heavy atom. The summed E-state index contributed by atoms with van der Waals surface area (Å²) in [5, 5.41) is 0. The van der Waals surface area contributed by atoms with Gasteiger partial charge in [0.2, 0.25) is 5.91 Å². The standard InChI is InChI=1S/C23H29F3N4O2/c1-27-12-13-29-19(15-27)21(32)30(14-16-2-3-16)22(29)8-10-28(11-9-22)20(31)17-4-6-18(7-5-17)23(24,25)26/h4-7,16,19H,2-3,8-15H2,1H3/t19-/m1/s1. The molecule has 1 aromatic rings. The average Bonchev–Trinajstić information content (AvgIpc) is 3.57. The van der Waals surface area contributed by atoms with Crippen molar-refractivity contribution in [2.45, 2.75) is 43.6 Å². The van der Waals surface area contributed by atoms with E-state index in [1.54, 1.807) is 4.90 Å². The van der Waals surface area contributed by atoms with Crippen molar-refractivity contribution in [3.8, 4) is 0 Å². The highest BCUT2D eigenvalue weighted by Crippen LogP contribution is 2.44. The number of alkyl halides is 3. The predicted molar refractivity (Wildman–Crippen MR) is 112 cm³/mol. The molecule has 1 spiro atoms. The Morgan fingerprint density at radius 3 is 2.31 bits per heavy atom. The number of carbonyl (C=O) groups excluding carboxylic acids is 2. The van der Waals surface area contributed by atoms with Gasteiger partial charge in [-0.3, -0.25) is 14.5 Å². The molecule has 1 saturated carbocycles. The van der Waals surface area contributed by atoms with Crippen molar-refractivity contribution in [2.24, 2.45) is 5.92 Å². The minimum absolute atomic E-state index is 0.121. The quantitative estimate of drug-likeness (QED) is 0.710. The van der Waals surface area contributed by atoms with Crippen LogP contribution in [0.5, 0.6) is 0 Å². The van der Waals surface area contributed by atoms with Gasteiger partial charge in [0, 0.05) is 57.7 Å². The van der Waals surface area contributed by atoms with Crippen molar-refractivity contribution in [1.82, 2.24) is 19.6 Å². The van der Waals surface area contributed by atoms with Gasteiger partial charge in [-0.05, 0) is 50.1 Å². The van der Waals surface area contributed by atoms with Gasteiger partial charge in [0.15, 0.2) is 0 Å². The second-order valence-corrected chi connectivity index (χ2v) is 9.71. The van der Waals surface area contributed by atoms with Crippen molar-refractivity contribution in [1.29, 1.82) is 0 Å². The van der Waals surface area contributed by atoms with Gasteiger partial charge in [-0.1, -0.05) is 0 Å². The van der Waals surface area contributed by atoms with Gasteiger partial charge in [-0.25, -0.2) is 0 Å². The van der Waals surface area contributed by atoms with Crippen LogP contribution < -0.4 is 0 Å². The molecular weight excluding hydrogens is 421 g/mol. The molecule has 5 rings (SSSR count). The van der Waals surface area contributed by atoms with E-state index in [4.69, 9.17) is 0 Å². The summed E-state index contributed by atoms with van der Waals surface area (Å²) in [6.45, 7) is 4.26. The van der Waals surface area contributed by atoms with E-state index in [1.807, 2.05) is 7.05 Å². The number of halogens is 3. The summed E-state index contributed by atoms with van der Waals surface area (Å²) < 4.78 is 38.5. The van der Waals surface area contributed by atoms with Crippen molar-refractivity contribution >= 4 is 11.8 Å². The fraction of sp³-hybridized carbons (Fsp3) is 0.652. The van der Waals surface area contributed by atoms with E-state index >= 15 is 0 Å². The number of amides is 2. The molecule has 3 saturated heterocycles. The van der Waals surface area contributed by atoms with Gasteiger partial charge in [0.25, 0.3) is 5.91 Å². The van der Waals surface area contributed by atoms with Crippen molar-refractivity contribution in [3.05, 3.63) is 35.4 Å². The number of nitrogens with zero attached hydrogens (tertiary/aromatic N) is 4. The van der Waals surface area contributed by atoms with Crippen molar-refractivity contribution < 1.29 is 22.8 Å². The molecule has 1 atom stereocenters. The third-order valence-corrected chi connectivity index (χ3v) is 7.62. The number of piperidine rings is 1. The molecule has 32 heavy (non-hydrogen) atoms. The van der Waals surface area contributed by atoms with Crippen LogP contribution in [0.25, 0.3) is 0 Å². The molecular formula is C23H29F3N4O2. The third kappa shape index (κ3) is 3.69. The van der Waals surface area contributed by atoms with E-state index < -0.39 is 11.7 Å². The minimum atomic E-state index is -4.42. The SMILES string of the molecule is CN1CCN2[C@H](C1)C(=O)N(CC1CC1)C21CCN(C(=O)c2ccc(C(F)(F)F)cc2)CC1. The normalized spacial score (nSPS) is 26.6. The average molecular weight is 451 g/mol. The third-order valence-electron chi connectivity index (χ3n) is 7.62. The summed E-state index contributed by atoms with van der Waals surface area (Å²) in [4.78, 5) is 34.7. The van der Waals surface area contributed by atoms with Gasteiger partial charge >= 0.3 is 6.18 Å². The molecule has 0 aromatic heterocycles. The molecule has 0 bridgehead atoms. The van der Waals surface area contributed by atoms with Crippen LogP contribution in [0.1, 0.15) is 41.6 Å². The van der Waals surface area contributed by atoms with Gasteiger partial charge in [0.05, 0.1) is 5.56 Å². The van der Waals surface area contributed by atoms with Crippen molar-refractivity contribution in [2.75, 3.05) is 46.3 Å². The zero-order valence-corrected chi connectivity index (χ0v) is 18.3. The fourth-order valence-corrected chi connectivity index (χ4v) is 5.60. The van der Waals surface area contributed by atoms with Crippen LogP contribution in [0.2, 0.25) is 0 Å². The van der Waals surface area contributed by atoms with Gasteiger partial charge in [0.1, 0.15) is 11.7 Å². The van der Waals surface area contributed by atoms with Gasteiger partial charge in [-0.2, -0.15) is 13.2 Å². The molecule has 3 heterocycles. The first-order valence-corrected chi connectivity index (χ1v) is 11.4. The number of likely N-dealkylation sites (tertiary alicyclic amines) is 1. The summed E-state index contributed by atoms with van der Waals surface area (Å²) in [7, 11) is 2.05. The van der Waals surface area contributed by atoms with Crippen LogP contribution in [0, 0.1) is 5.92 Å². The van der Waals surface area contributed by atoms with Crippen LogP contribution in [0.3, 0.4) is 0 Å². The lowest BCUT2D eigenvalue weighted by molar-refractivity contribution is -0.137. The molecule has 4 fully saturated rings. The van der Waals surface area contributed by atoms with E-state index in [9.17, 15) is 22.8 Å². The Hall–Kier alpha value is -2.13. The van der Waals surface area contributed by atoms with Crippen LogP contribution in [0.15, 0.2) is 24.3 Å². The lowest BCUT2D eigenvalue weighted by Gasteiger charge is -2.50. The Labute approximate surface area is 185 Å². The number of likely N-dealkylation sites (N-methyl/N-ethyl adjacent to an activating group) is 1. The summed E-state index contributed by atoms with van der Waals surface area (Å²) in [6.07, 6.45) is -0.722. The number of hydrogen-bond acceptors (Lipinski definition) is 4. The largest absolute Gasteiger partial charge is 0.416 e. The second-order valence-electron chi connectivity index (χ2n) is 9.71. The van der Waals surface area contributed by atoms with Crippen LogP contribution in [-0.4, -0.2) is 89.4 Å². The van der Waals surface area contributed by atoms with Crippen LogP contribution in [0.4, 0.5) is 13.2 Å². The molecule has 6 nitrogen and oxygen atoms in total. The van der Waals surface area contributed by atoms with Gasteiger partial charge in [-0.15, -0.1) is 0 Å². The topological polar surface area (TPSA) is 47.1 Å². The number of carbonyl (C=O) groups is 2. The Kier molecular flexibility index (Phi) is 5.24. The molecule has 4 aliphatic rings.